The first-order chi connectivity index (χ1) is 12.3. The molecule has 118 valence electrons. The maximum absolute atomic E-state index is 3.44. The lowest BCUT2D eigenvalue weighted by Crippen LogP contribution is -2.06. The molecule has 1 heterocycles. The van der Waals surface area contributed by atoms with Gasteiger partial charge in [0.25, 0.3) is 0 Å². The molecule has 0 spiro atoms. The molecule has 5 aromatic rings. The van der Waals surface area contributed by atoms with Crippen LogP contribution in [-0.4, -0.2) is 0 Å². The molecule has 1 N–H and O–H groups in total. The summed E-state index contributed by atoms with van der Waals surface area (Å²) < 4.78 is 0. The number of nitrogens with one attached hydrogen (secondary N) is 1. The molecule has 1 heteroatoms. The van der Waals surface area contributed by atoms with E-state index in [0.717, 1.165) is 0 Å². The Bertz CT molecular complexity index is 1240. The predicted molar refractivity (Wildman–Crippen MR) is 106 cm³/mol. The van der Waals surface area contributed by atoms with Crippen LogP contribution in [0.5, 0.6) is 0 Å². The zero-order valence-electron chi connectivity index (χ0n) is 14.1. The lowest BCUT2D eigenvalue weighted by molar-refractivity contribution is -0.362. The number of benzene rings is 4. The van der Waals surface area contributed by atoms with Gasteiger partial charge in [0.15, 0.2) is 6.20 Å². The summed E-state index contributed by atoms with van der Waals surface area (Å²) in [5.41, 5.74) is 3.68. The summed E-state index contributed by atoms with van der Waals surface area (Å²) >= 11 is 0. The fourth-order valence-corrected chi connectivity index (χ4v) is 3.80. The average molecular weight is 320 g/mol. The summed E-state index contributed by atoms with van der Waals surface area (Å²) in [5, 5.41) is 7.80. The van der Waals surface area contributed by atoms with Gasteiger partial charge in [-0.2, -0.15) is 0 Å². The predicted octanol–water partition coefficient (Wildman–Crippen LogP) is 5.94. The number of fused-ring (bicyclic) bond motifs is 5. The van der Waals surface area contributed by atoms with E-state index in [-0.39, 0.29) is 0 Å². The SMILES string of the molecule is Cc1ccc2ccc3c4cc[nH+]c(-c5ccccc5)c4ccc3c2c1. The Morgan fingerprint density at radius 2 is 1.28 bits per heavy atom. The number of aromatic nitrogens is 1. The van der Waals surface area contributed by atoms with Gasteiger partial charge in [0.2, 0.25) is 5.69 Å². The minimum Gasteiger partial charge on any atom is -0.211 e. The van der Waals surface area contributed by atoms with E-state index >= 15 is 0 Å². The summed E-state index contributed by atoms with van der Waals surface area (Å²) in [6.45, 7) is 2.15. The van der Waals surface area contributed by atoms with Gasteiger partial charge >= 0.3 is 0 Å². The molecule has 0 aliphatic rings. The molecule has 25 heavy (non-hydrogen) atoms. The number of aryl methyl sites for hydroxylation is 1. The molecule has 1 aromatic heterocycles. The Labute approximate surface area is 146 Å². The molecule has 4 aromatic carbocycles. The van der Waals surface area contributed by atoms with Crippen molar-refractivity contribution in [3.8, 4) is 11.3 Å². The van der Waals surface area contributed by atoms with Gasteiger partial charge in [-0.25, -0.2) is 4.98 Å². The van der Waals surface area contributed by atoms with Crippen LogP contribution in [0.1, 0.15) is 5.56 Å². The van der Waals surface area contributed by atoms with Crippen LogP contribution in [0.25, 0.3) is 43.6 Å². The van der Waals surface area contributed by atoms with Crippen LogP contribution in [-0.2, 0) is 0 Å². The Morgan fingerprint density at radius 1 is 0.600 bits per heavy atom. The van der Waals surface area contributed by atoms with Crippen molar-refractivity contribution in [3.05, 3.63) is 90.6 Å². The van der Waals surface area contributed by atoms with Crippen molar-refractivity contribution in [2.45, 2.75) is 6.92 Å². The Hall–Kier alpha value is -3.19. The molecule has 0 amide bonds. The van der Waals surface area contributed by atoms with Crippen molar-refractivity contribution < 1.29 is 4.98 Å². The highest BCUT2D eigenvalue weighted by Crippen LogP contribution is 2.34. The summed E-state index contributed by atoms with van der Waals surface area (Å²) in [6, 6.07) is 28.4. The van der Waals surface area contributed by atoms with Crippen molar-refractivity contribution in [1.29, 1.82) is 0 Å². The van der Waals surface area contributed by atoms with Gasteiger partial charge in [-0.1, -0.05) is 60.2 Å². The number of hydrogen-bond donors (Lipinski definition) is 0. The standard InChI is InChI=1S/C24H17N/c1-16-7-8-17-9-10-19-20(23(17)15-16)11-12-22-21(19)13-14-25-24(22)18-5-3-2-4-6-18/h2-15H,1H3/p+1. The fraction of sp³-hybridized carbons (Fsp3) is 0.0417. The van der Waals surface area contributed by atoms with E-state index in [2.05, 4.69) is 90.8 Å². The summed E-state index contributed by atoms with van der Waals surface area (Å²) in [7, 11) is 0. The van der Waals surface area contributed by atoms with E-state index in [1.807, 2.05) is 6.20 Å². The van der Waals surface area contributed by atoms with Crippen LogP contribution in [0.3, 0.4) is 0 Å². The van der Waals surface area contributed by atoms with Crippen molar-refractivity contribution in [2.24, 2.45) is 0 Å². The van der Waals surface area contributed by atoms with Gasteiger partial charge in [-0.05, 0) is 46.7 Å². The van der Waals surface area contributed by atoms with Crippen LogP contribution < -0.4 is 4.98 Å². The zero-order valence-corrected chi connectivity index (χ0v) is 14.1. The smallest absolute Gasteiger partial charge is 0.211 e. The van der Waals surface area contributed by atoms with E-state index in [4.69, 9.17) is 0 Å². The molecule has 0 fully saturated rings. The second kappa shape index (κ2) is 5.42. The van der Waals surface area contributed by atoms with Crippen molar-refractivity contribution in [2.75, 3.05) is 0 Å². The highest BCUT2D eigenvalue weighted by molar-refractivity contribution is 6.18. The molecule has 1 nitrogen and oxygen atoms in total. The number of hydrogen-bond acceptors (Lipinski definition) is 0. The lowest BCUT2D eigenvalue weighted by Gasteiger charge is -2.09. The van der Waals surface area contributed by atoms with Gasteiger partial charge in [0.05, 0.1) is 5.39 Å². The Balaban J connectivity index is 1.90. The molecule has 0 saturated carbocycles. The molecule has 0 unspecified atom stereocenters. The molecule has 0 saturated heterocycles. The Morgan fingerprint density at radius 3 is 2.16 bits per heavy atom. The largest absolute Gasteiger partial charge is 0.218 e. The van der Waals surface area contributed by atoms with E-state index < -0.39 is 0 Å². The number of rotatable bonds is 1. The topological polar surface area (TPSA) is 14.1 Å². The zero-order chi connectivity index (χ0) is 16.8. The van der Waals surface area contributed by atoms with Crippen molar-refractivity contribution in [3.63, 3.8) is 0 Å². The molecule has 0 bridgehead atoms. The fourth-order valence-electron chi connectivity index (χ4n) is 3.80. The quantitative estimate of drug-likeness (QED) is 0.340. The molecule has 0 aliphatic carbocycles. The van der Waals surface area contributed by atoms with Crippen LogP contribution in [0.4, 0.5) is 0 Å². The minimum atomic E-state index is 1.17. The van der Waals surface area contributed by atoms with Crippen LogP contribution in [0.15, 0.2) is 85.1 Å². The van der Waals surface area contributed by atoms with Crippen LogP contribution >= 0.6 is 0 Å². The first-order valence-electron chi connectivity index (χ1n) is 8.63. The van der Waals surface area contributed by atoms with E-state index in [1.54, 1.807) is 0 Å². The normalized spacial score (nSPS) is 11.4. The van der Waals surface area contributed by atoms with Crippen molar-refractivity contribution in [1.82, 2.24) is 0 Å². The number of H-pyrrole nitrogens is 1. The maximum Gasteiger partial charge on any atom is 0.218 e. The molecular weight excluding hydrogens is 302 g/mol. The van der Waals surface area contributed by atoms with Gasteiger partial charge in [0.1, 0.15) is 0 Å². The van der Waals surface area contributed by atoms with E-state index in [9.17, 15) is 0 Å². The maximum atomic E-state index is 3.44. The lowest BCUT2D eigenvalue weighted by atomic mass is 9.95. The number of aromatic amines is 1. The summed E-state index contributed by atoms with van der Waals surface area (Å²) in [6.07, 6.45) is 2.05. The second-order valence-electron chi connectivity index (χ2n) is 6.63. The average Bonchev–Trinajstić information content (AvgIpc) is 2.67. The summed E-state index contributed by atoms with van der Waals surface area (Å²) in [5.74, 6) is 0. The monoisotopic (exact) mass is 320 g/mol. The third-order valence-corrected chi connectivity index (χ3v) is 5.03. The highest BCUT2D eigenvalue weighted by Gasteiger charge is 2.13. The van der Waals surface area contributed by atoms with Crippen LogP contribution in [0.2, 0.25) is 0 Å². The van der Waals surface area contributed by atoms with Gasteiger partial charge < -0.3 is 0 Å². The van der Waals surface area contributed by atoms with Crippen LogP contribution in [0, 0.1) is 6.92 Å². The number of pyridine rings is 1. The summed E-state index contributed by atoms with van der Waals surface area (Å²) in [4.78, 5) is 3.44. The molecule has 0 radical (unpaired) electrons. The van der Waals surface area contributed by atoms with Gasteiger partial charge in [-0.3, -0.25) is 0 Å². The minimum absolute atomic E-state index is 1.17. The molecule has 5 rings (SSSR count). The molecule has 0 aliphatic heterocycles. The van der Waals surface area contributed by atoms with E-state index in [0.29, 0.717) is 0 Å². The Kier molecular flexibility index (Phi) is 3.07. The van der Waals surface area contributed by atoms with E-state index in [1.165, 1.54) is 49.1 Å². The van der Waals surface area contributed by atoms with Gasteiger partial charge in [-0.15, -0.1) is 0 Å². The first-order valence-corrected chi connectivity index (χ1v) is 8.63. The van der Waals surface area contributed by atoms with Gasteiger partial charge in [0, 0.05) is 17.0 Å². The molecular formula is C24H18N+. The molecule has 0 atom stereocenters. The van der Waals surface area contributed by atoms with Crippen molar-refractivity contribution >= 4 is 32.3 Å². The highest BCUT2D eigenvalue weighted by atomic mass is 14.7. The first kappa shape index (κ1) is 14.2. The third-order valence-electron chi connectivity index (χ3n) is 5.03. The second-order valence-corrected chi connectivity index (χ2v) is 6.63. The third kappa shape index (κ3) is 2.20.